The highest BCUT2D eigenvalue weighted by Crippen LogP contribution is 2.52. The van der Waals surface area contributed by atoms with Gasteiger partial charge in [-0.1, -0.05) is 103 Å². The second-order valence-corrected chi connectivity index (χ2v) is 11.4. The zero-order valence-electron chi connectivity index (χ0n) is 22.6. The van der Waals surface area contributed by atoms with E-state index >= 15 is 0 Å². The molecule has 3 heterocycles. The van der Waals surface area contributed by atoms with Crippen LogP contribution in [-0.4, -0.2) is 4.57 Å². The quantitative estimate of drug-likeness (QED) is 0.230. The fraction of sp³-hybridized carbons (Fsp3) is 0.0526. The Kier molecular flexibility index (Phi) is 4.26. The molecule has 2 atom stereocenters. The Morgan fingerprint density at radius 3 is 1.81 bits per heavy atom. The van der Waals surface area contributed by atoms with Gasteiger partial charge in [-0.05, 0) is 62.9 Å². The first kappa shape index (κ1) is 22.2. The molecule has 42 heavy (non-hydrogen) atoms. The van der Waals surface area contributed by atoms with Crippen LogP contribution < -0.4 is 10.6 Å². The highest BCUT2D eigenvalue weighted by molar-refractivity contribution is 6.26. The van der Waals surface area contributed by atoms with E-state index in [1.807, 2.05) is 12.1 Å². The number of nitrogens with one attached hydrogen (secondary N) is 2. The summed E-state index contributed by atoms with van der Waals surface area (Å²) in [5.74, 6) is 0.783. The number of benzene rings is 6. The van der Waals surface area contributed by atoms with Crippen molar-refractivity contribution in [3.63, 3.8) is 0 Å². The average molecular weight is 540 g/mol. The van der Waals surface area contributed by atoms with Crippen LogP contribution in [0.1, 0.15) is 17.8 Å². The first-order chi connectivity index (χ1) is 20.8. The number of aromatic nitrogens is 1. The number of anilines is 2. The minimum atomic E-state index is -0.114. The number of rotatable bonds is 2. The van der Waals surface area contributed by atoms with E-state index in [0.717, 1.165) is 22.5 Å². The molecule has 198 valence electrons. The maximum absolute atomic E-state index is 6.34. The third-order valence-electron chi connectivity index (χ3n) is 9.27. The summed E-state index contributed by atoms with van der Waals surface area (Å²) in [6.07, 6.45) is -0.114. The fourth-order valence-corrected chi connectivity index (χ4v) is 7.56. The Morgan fingerprint density at radius 1 is 0.524 bits per heavy atom. The summed E-state index contributed by atoms with van der Waals surface area (Å²) in [6.45, 7) is 0. The van der Waals surface area contributed by atoms with Crippen LogP contribution in [0.25, 0.3) is 65.8 Å². The van der Waals surface area contributed by atoms with Crippen LogP contribution in [0.15, 0.2) is 132 Å². The van der Waals surface area contributed by atoms with E-state index in [4.69, 9.17) is 4.42 Å². The average Bonchev–Trinajstić information content (AvgIpc) is 3.55. The van der Waals surface area contributed by atoms with Gasteiger partial charge in [-0.3, -0.25) is 0 Å². The number of furan rings is 1. The number of hydrogen-bond acceptors (Lipinski definition) is 3. The molecule has 0 fully saturated rings. The Labute approximate surface area is 241 Å². The number of hydrogen-bond donors (Lipinski definition) is 2. The van der Waals surface area contributed by atoms with Gasteiger partial charge in [0.15, 0.2) is 0 Å². The SMILES string of the molecule is c1ccc(C2Nc3oc4ccccc4c3NC2n2c3cccc4c3c3c(cccc32)-c2cccc3cccc-4c23)cc1. The molecule has 0 radical (unpaired) electrons. The maximum Gasteiger partial charge on any atom is 0.218 e. The summed E-state index contributed by atoms with van der Waals surface area (Å²) < 4.78 is 8.85. The van der Waals surface area contributed by atoms with Crippen molar-refractivity contribution in [2.45, 2.75) is 12.2 Å². The number of para-hydroxylation sites is 1. The van der Waals surface area contributed by atoms with Crippen molar-refractivity contribution in [3.05, 3.63) is 133 Å². The standard InChI is InChI=1S/C38H25N3O/c1-2-10-23(11-3-1)35-37(39-36-28-14-4-5-21-31(28)42-38(36)40-35)41-29-19-8-17-26-24-15-6-12-22-13-7-16-25(32(22)24)27-18-9-20-30(41)34(27)33(26)29/h1-21,35,37,39-40H. The van der Waals surface area contributed by atoms with Gasteiger partial charge in [-0.2, -0.15) is 0 Å². The van der Waals surface area contributed by atoms with E-state index < -0.39 is 0 Å². The van der Waals surface area contributed by atoms with Crippen molar-refractivity contribution in [2.24, 2.45) is 0 Å². The molecule has 6 aromatic carbocycles. The number of nitrogens with zero attached hydrogens (tertiary/aromatic N) is 1. The molecular formula is C38H25N3O. The largest absolute Gasteiger partial charge is 0.438 e. The van der Waals surface area contributed by atoms with Gasteiger partial charge in [-0.15, -0.1) is 0 Å². The first-order valence-electron chi connectivity index (χ1n) is 14.5. The van der Waals surface area contributed by atoms with Crippen LogP contribution in [0.2, 0.25) is 0 Å². The Morgan fingerprint density at radius 2 is 1.12 bits per heavy atom. The zero-order chi connectivity index (χ0) is 27.4. The van der Waals surface area contributed by atoms with Crippen molar-refractivity contribution >= 4 is 55.1 Å². The summed E-state index contributed by atoms with van der Waals surface area (Å²) in [4.78, 5) is 0. The minimum Gasteiger partial charge on any atom is -0.438 e. The van der Waals surface area contributed by atoms with Gasteiger partial charge >= 0.3 is 0 Å². The van der Waals surface area contributed by atoms with Crippen molar-refractivity contribution in [3.8, 4) is 22.3 Å². The molecule has 0 amide bonds. The van der Waals surface area contributed by atoms with Gasteiger partial charge in [0, 0.05) is 16.2 Å². The van der Waals surface area contributed by atoms with Gasteiger partial charge < -0.3 is 19.6 Å². The highest BCUT2D eigenvalue weighted by Gasteiger charge is 2.36. The summed E-state index contributed by atoms with van der Waals surface area (Å²) in [6, 6.07) is 45.9. The third kappa shape index (κ3) is 2.81. The predicted molar refractivity (Wildman–Crippen MR) is 173 cm³/mol. The van der Waals surface area contributed by atoms with Crippen molar-refractivity contribution < 1.29 is 4.42 Å². The molecular weight excluding hydrogens is 514 g/mol. The van der Waals surface area contributed by atoms with Gasteiger partial charge in [0.2, 0.25) is 5.88 Å². The topological polar surface area (TPSA) is 42.1 Å². The zero-order valence-corrected chi connectivity index (χ0v) is 22.6. The Hall–Kier alpha value is -5.48. The predicted octanol–water partition coefficient (Wildman–Crippen LogP) is 10.1. The van der Waals surface area contributed by atoms with Gasteiger partial charge in [0.05, 0.1) is 17.1 Å². The maximum atomic E-state index is 6.34. The van der Waals surface area contributed by atoms with E-state index in [9.17, 15) is 0 Å². The molecule has 0 spiro atoms. The second-order valence-electron chi connectivity index (χ2n) is 11.4. The number of fused-ring (bicyclic) bond motifs is 5. The molecule has 2 unspecified atom stereocenters. The van der Waals surface area contributed by atoms with E-state index in [1.54, 1.807) is 0 Å². The van der Waals surface area contributed by atoms with E-state index in [-0.39, 0.29) is 12.2 Å². The van der Waals surface area contributed by atoms with Gasteiger partial charge in [-0.25, -0.2) is 0 Å². The van der Waals surface area contributed by atoms with Crippen molar-refractivity contribution in [1.82, 2.24) is 4.57 Å². The summed E-state index contributed by atoms with van der Waals surface area (Å²) in [5, 5.41) is 14.1. The van der Waals surface area contributed by atoms with Crippen LogP contribution in [0.3, 0.4) is 0 Å². The molecule has 0 saturated heterocycles. The van der Waals surface area contributed by atoms with Crippen LogP contribution in [-0.2, 0) is 0 Å². The lowest BCUT2D eigenvalue weighted by atomic mass is 9.93. The van der Waals surface area contributed by atoms with Gasteiger partial charge in [0.25, 0.3) is 0 Å². The van der Waals surface area contributed by atoms with E-state index in [2.05, 4.69) is 130 Å². The van der Waals surface area contributed by atoms with Crippen molar-refractivity contribution in [2.75, 3.05) is 10.6 Å². The molecule has 2 N–H and O–H groups in total. The molecule has 2 aromatic heterocycles. The lowest BCUT2D eigenvalue weighted by molar-refractivity contribution is 0.484. The second kappa shape index (κ2) is 8.05. The lowest BCUT2D eigenvalue weighted by Gasteiger charge is -2.36. The summed E-state index contributed by atoms with van der Waals surface area (Å²) in [7, 11) is 0. The van der Waals surface area contributed by atoms with Crippen LogP contribution in [0.4, 0.5) is 11.6 Å². The smallest absolute Gasteiger partial charge is 0.218 e. The molecule has 0 saturated carbocycles. The summed E-state index contributed by atoms with van der Waals surface area (Å²) in [5.41, 5.74) is 10.7. The lowest BCUT2D eigenvalue weighted by Crippen LogP contribution is -2.33. The molecule has 2 aliphatic rings. The molecule has 4 nitrogen and oxygen atoms in total. The van der Waals surface area contributed by atoms with Gasteiger partial charge in [0.1, 0.15) is 17.4 Å². The fourth-order valence-electron chi connectivity index (χ4n) is 7.56. The van der Waals surface area contributed by atoms with Crippen molar-refractivity contribution in [1.29, 1.82) is 0 Å². The third-order valence-corrected chi connectivity index (χ3v) is 9.27. The molecule has 8 aromatic rings. The van der Waals surface area contributed by atoms with Crippen LogP contribution >= 0.6 is 0 Å². The minimum absolute atomic E-state index is 0.0657. The monoisotopic (exact) mass is 539 g/mol. The highest BCUT2D eigenvalue weighted by atomic mass is 16.4. The first-order valence-corrected chi connectivity index (χ1v) is 14.5. The summed E-state index contributed by atoms with van der Waals surface area (Å²) >= 11 is 0. The van der Waals surface area contributed by atoms with Crippen LogP contribution in [0, 0.1) is 0 Å². The molecule has 4 heteroatoms. The van der Waals surface area contributed by atoms with E-state index in [0.29, 0.717) is 0 Å². The van der Waals surface area contributed by atoms with E-state index in [1.165, 1.54) is 60.4 Å². The molecule has 0 bridgehead atoms. The Balaban J connectivity index is 1.32. The molecule has 1 aliphatic heterocycles. The molecule has 1 aliphatic carbocycles. The normalized spacial score (nSPS) is 17.0. The Bertz CT molecular complexity index is 2280. The van der Waals surface area contributed by atoms with Crippen LogP contribution in [0.5, 0.6) is 0 Å². The molecule has 10 rings (SSSR count).